The van der Waals surface area contributed by atoms with Crippen molar-refractivity contribution in [1.29, 1.82) is 0 Å². The fraction of sp³-hybridized carbons (Fsp3) is 0.909. The molecule has 1 N–H and O–H groups in total. The van der Waals surface area contributed by atoms with Crippen molar-refractivity contribution in [3.8, 4) is 0 Å². The molecule has 1 aromatic rings. The molecule has 96 valence electrons. The van der Waals surface area contributed by atoms with E-state index in [0.717, 1.165) is 10.9 Å². The first kappa shape index (κ1) is 12.8. The van der Waals surface area contributed by atoms with Gasteiger partial charge in [0.05, 0.1) is 6.04 Å². The van der Waals surface area contributed by atoms with Crippen molar-refractivity contribution in [2.75, 3.05) is 12.8 Å². The number of tetrazole rings is 1. The van der Waals surface area contributed by atoms with E-state index in [2.05, 4.69) is 34.7 Å². The van der Waals surface area contributed by atoms with E-state index in [0.29, 0.717) is 18.0 Å². The molecule has 0 amide bonds. The van der Waals surface area contributed by atoms with E-state index in [-0.39, 0.29) is 0 Å². The van der Waals surface area contributed by atoms with Gasteiger partial charge in [0.15, 0.2) is 0 Å². The van der Waals surface area contributed by atoms with Crippen molar-refractivity contribution in [2.24, 2.45) is 5.92 Å². The van der Waals surface area contributed by atoms with Gasteiger partial charge in [-0.1, -0.05) is 32.0 Å². The van der Waals surface area contributed by atoms with E-state index < -0.39 is 0 Å². The third-order valence-electron chi connectivity index (χ3n) is 3.45. The van der Waals surface area contributed by atoms with E-state index in [1.807, 2.05) is 11.7 Å². The van der Waals surface area contributed by atoms with Crippen LogP contribution in [0.4, 0.5) is 0 Å². The third-order valence-corrected chi connectivity index (χ3v) is 4.50. The Balaban J connectivity index is 1.89. The van der Waals surface area contributed by atoms with Gasteiger partial charge >= 0.3 is 0 Å². The van der Waals surface area contributed by atoms with E-state index in [1.54, 1.807) is 11.8 Å². The van der Waals surface area contributed by atoms with Crippen LogP contribution in [0.25, 0.3) is 0 Å². The molecule has 0 bridgehead atoms. The van der Waals surface area contributed by atoms with Gasteiger partial charge in [-0.3, -0.25) is 0 Å². The SMILES string of the molecule is CCC(C)C(CSc1nnnn1C1CC1)NC. The second kappa shape index (κ2) is 5.82. The van der Waals surface area contributed by atoms with E-state index >= 15 is 0 Å². The second-order valence-corrected chi connectivity index (χ2v) is 5.72. The van der Waals surface area contributed by atoms with Crippen molar-refractivity contribution < 1.29 is 0 Å². The molecule has 0 aromatic carbocycles. The van der Waals surface area contributed by atoms with Crippen LogP contribution in [-0.2, 0) is 0 Å². The molecule has 0 aliphatic heterocycles. The molecule has 1 aliphatic rings. The van der Waals surface area contributed by atoms with Crippen molar-refractivity contribution in [3.63, 3.8) is 0 Å². The van der Waals surface area contributed by atoms with Crippen molar-refractivity contribution in [1.82, 2.24) is 25.5 Å². The number of hydrogen-bond acceptors (Lipinski definition) is 5. The maximum atomic E-state index is 4.11. The van der Waals surface area contributed by atoms with Crippen LogP contribution in [-0.4, -0.2) is 39.0 Å². The van der Waals surface area contributed by atoms with Gasteiger partial charge < -0.3 is 5.32 Å². The van der Waals surface area contributed by atoms with Crippen molar-refractivity contribution in [2.45, 2.75) is 50.4 Å². The van der Waals surface area contributed by atoms with Crippen LogP contribution in [0.1, 0.15) is 39.2 Å². The Morgan fingerprint density at radius 3 is 2.88 bits per heavy atom. The smallest absolute Gasteiger partial charge is 0.209 e. The van der Waals surface area contributed by atoms with Gasteiger partial charge in [-0.2, -0.15) is 0 Å². The third kappa shape index (κ3) is 3.19. The van der Waals surface area contributed by atoms with Crippen LogP contribution in [0.3, 0.4) is 0 Å². The minimum atomic E-state index is 0.523. The summed E-state index contributed by atoms with van der Waals surface area (Å²) < 4.78 is 1.98. The minimum Gasteiger partial charge on any atom is -0.316 e. The topological polar surface area (TPSA) is 55.6 Å². The Bertz CT molecular complexity index is 349. The van der Waals surface area contributed by atoms with Crippen LogP contribution >= 0.6 is 11.8 Å². The molecule has 0 spiro atoms. The van der Waals surface area contributed by atoms with Crippen LogP contribution < -0.4 is 5.32 Å². The van der Waals surface area contributed by atoms with Crippen LogP contribution in [0.5, 0.6) is 0 Å². The highest BCUT2D eigenvalue weighted by Gasteiger charge is 2.28. The molecule has 1 aliphatic carbocycles. The van der Waals surface area contributed by atoms with Crippen molar-refractivity contribution >= 4 is 11.8 Å². The number of rotatable bonds is 7. The highest BCUT2D eigenvalue weighted by molar-refractivity contribution is 7.99. The largest absolute Gasteiger partial charge is 0.316 e. The Kier molecular flexibility index (Phi) is 4.39. The average molecular weight is 255 g/mol. The second-order valence-electron chi connectivity index (χ2n) is 4.73. The summed E-state index contributed by atoms with van der Waals surface area (Å²) in [5.74, 6) is 1.70. The fourth-order valence-corrected chi connectivity index (χ4v) is 3.05. The van der Waals surface area contributed by atoms with Crippen LogP contribution in [0, 0.1) is 5.92 Å². The summed E-state index contributed by atoms with van der Waals surface area (Å²) in [4.78, 5) is 0. The molecule has 2 rings (SSSR count). The van der Waals surface area contributed by atoms with Gasteiger partial charge in [-0.15, -0.1) is 5.10 Å². The molecule has 2 unspecified atom stereocenters. The highest BCUT2D eigenvalue weighted by Crippen LogP contribution is 2.36. The molecule has 17 heavy (non-hydrogen) atoms. The first-order valence-corrected chi connectivity index (χ1v) is 7.32. The van der Waals surface area contributed by atoms with Gasteiger partial charge in [-0.25, -0.2) is 4.68 Å². The maximum absolute atomic E-state index is 4.11. The molecular formula is C11H21N5S. The molecule has 2 atom stereocenters. The van der Waals surface area contributed by atoms with E-state index in [9.17, 15) is 0 Å². The lowest BCUT2D eigenvalue weighted by molar-refractivity contribution is 0.420. The molecule has 1 heterocycles. The summed E-state index contributed by atoms with van der Waals surface area (Å²) >= 11 is 1.76. The lowest BCUT2D eigenvalue weighted by atomic mass is 10.0. The van der Waals surface area contributed by atoms with E-state index in [1.165, 1.54) is 19.3 Å². The molecule has 6 heteroatoms. The summed E-state index contributed by atoms with van der Waals surface area (Å²) in [6.07, 6.45) is 3.64. The molecule has 0 saturated heterocycles. The van der Waals surface area contributed by atoms with Crippen LogP contribution in [0.2, 0.25) is 0 Å². The number of thioether (sulfide) groups is 1. The summed E-state index contributed by atoms with van der Waals surface area (Å²) in [6, 6.07) is 1.08. The van der Waals surface area contributed by atoms with E-state index in [4.69, 9.17) is 0 Å². The van der Waals surface area contributed by atoms with Gasteiger partial charge in [-0.05, 0) is 36.2 Å². The first-order valence-electron chi connectivity index (χ1n) is 6.34. The summed E-state index contributed by atoms with van der Waals surface area (Å²) in [5.41, 5.74) is 0. The first-order chi connectivity index (χ1) is 8.26. The summed E-state index contributed by atoms with van der Waals surface area (Å²) in [5, 5.41) is 16.3. The zero-order chi connectivity index (χ0) is 12.3. The predicted octanol–water partition coefficient (Wildman–Crippen LogP) is 1.73. The zero-order valence-corrected chi connectivity index (χ0v) is 11.6. The monoisotopic (exact) mass is 255 g/mol. The normalized spacial score (nSPS) is 19.2. The lowest BCUT2D eigenvalue weighted by Gasteiger charge is -2.21. The minimum absolute atomic E-state index is 0.523. The van der Waals surface area contributed by atoms with Crippen LogP contribution in [0.15, 0.2) is 5.16 Å². The average Bonchev–Trinajstić information content (AvgIpc) is 3.09. The standard InChI is InChI=1S/C11H21N5S/c1-4-8(2)10(12-3)7-17-11-13-14-15-16(11)9-5-6-9/h8-10,12H,4-7H2,1-3H3. The molecule has 1 aromatic heterocycles. The maximum Gasteiger partial charge on any atom is 0.209 e. The Hall–Kier alpha value is -0.620. The zero-order valence-electron chi connectivity index (χ0n) is 10.8. The van der Waals surface area contributed by atoms with Gasteiger partial charge in [0.2, 0.25) is 5.16 Å². The molecule has 0 radical (unpaired) electrons. The fourth-order valence-electron chi connectivity index (χ4n) is 1.81. The lowest BCUT2D eigenvalue weighted by Crippen LogP contribution is -2.34. The quantitative estimate of drug-likeness (QED) is 0.752. The molecule has 1 saturated carbocycles. The van der Waals surface area contributed by atoms with Crippen molar-refractivity contribution in [3.05, 3.63) is 0 Å². The number of hydrogen-bond donors (Lipinski definition) is 1. The van der Waals surface area contributed by atoms with Gasteiger partial charge in [0, 0.05) is 11.8 Å². The number of nitrogens with one attached hydrogen (secondary N) is 1. The molecule has 5 nitrogen and oxygen atoms in total. The molecular weight excluding hydrogens is 234 g/mol. The molecule has 1 fully saturated rings. The van der Waals surface area contributed by atoms with Gasteiger partial charge in [0.1, 0.15) is 0 Å². The highest BCUT2D eigenvalue weighted by atomic mass is 32.2. The van der Waals surface area contributed by atoms with Gasteiger partial charge in [0.25, 0.3) is 0 Å². The number of aromatic nitrogens is 4. The predicted molar refractivity (Wildman–Crippen MR) is 69.1 cm³/mol. The Morgan fingerprint density at radius 1 is 1.53 bits per heavy atom. The Labute approximate surface area is 107 Å². The summed E-state index contributed by atoms with van der Waals surface area (Å²) in [6.45, 7) is 4.51. The summed E-state index contributed by atoms with van der Waals surface area (Å²) in [7, 11) is 2.03. The number of nitrogens with zero attached hydrogens (tertiary/aromatic N) is 4. The Morgan fingerprint density at radius 2 is 2.29 bits per heavy atom.